The highest BCUT2D eigenvalue weighted by molar-refractivity contribution is 7.89. The van der Waals surface area contributed by atoms with Crippen LogP contribution in [0.25, 0.3) is 0 Å². The molecule has 21 heavy (non-hydrogen) atoms. The molecule has 0 radical (unpaired) electrons. The number of rotatable bonds is 5. The van der Waals surface area contributed by atoms with Crippen LogP contribution in [-0.2, 0) is 29.4 Å². The van der Waals surface area contributed by atoms with E-state index in [1.165, 1.54) is 12.8 Å². The van der Waals surface area contributed by atoms with E-state index in [1.54, 1.807) is 13.0 Å². The largest absolute Gasteiger partial charge is 0.312 e. The number of nitrogens with zero attached hydrogens (tertiary/aromatic N) is 1. The molecule has 0 aliphatic heterocycles. The van der Waals surface area contributed by atoms with Crippen molar-refractivity contribution < 1.29 is 8.42 Å². The van der Waals surface area contributed by atoms with Crippen molar-refractivity contribution in [2.24, 2.45) is 5.92 Å². The number of pyridine rings is 1. The van der Waals surface area contributed by atoms with Gasteiger partial charge in [0.15, 0.2) is 0 Å². The highest BCUT2D eigenvalue weighted by Crippen LogP contribution is 2.31. The zero-order valence-corrected chi connectivity index (χ0v) is 13.2. The Bertz CT molecular complexity index is 689. The van der Waals surface area contributed by atoms with E-state index in [-0.39, 0.29) is 17.4 Å². The van der Waals surface area contributed by atoms with Crippen LogP contribution in [0, 0.1) is 5.92 Å². The van der Waals surface area contributed by atoms with Crippen LogP contribution in [0.5, 0.6) is 0 Å². The highest BCUT2D eigenvalue weighted by atomic mass is 32.2. The van der Waals surface area contributed by atoms with Gasteiger partial charge in [0.1, 0.15) is 0 Å². The van der Waals surface area contributed by atoms with Gasteiger partial charge in [-0.1, -0.05) is 6.07 Å². The fourth-order valence-corrected chi connectivity index (χ4v) is 3.90. The molecule has 2 aliphatic rings. The van der Waals surface area contributed by atoms with Crippen molar-refractivity contribution in [2.75, 3.05) is 5.75 Å². The van der Waals surface area contributed by atoms with Gasteiger partial charge in [0, 0.05) is 24.3 Å². The first-order valence-corrected chi connectivity index (χ1v) is 9.35. The van der Waals surface area contributed by atoms with E-state index in [4.69, 9.17) is 0 Å². The molecule has 116 valence electrons. The first-order valence-electron chi connectivity index (χ1n) is 7.70. The molecule has 0 amide bonds. The van der Waals surface area contributed by atoms with Gasteiger partial charge in [-0.2, -0.15) is 0 Å². The summed E-state index contributed by atoms with van der Waals surface area (Å²) in [5.41, 5.74) is 2.31. The van der Waals surface area contributed by atoms with E-state index in [0.717, 1.165) is 30.6 Å². The Labute approximate surface area is 125 Å². The molecule has 3 rings (SSSR count). The predicted molar refractivity (Wildman–Crippen MR) is 81.8 cm³/mol. The molecule has 1 aromatic heterocycles. The van der Waals surface area contributed by atoms with Gasteiger partial charge in [-0.05, 0) is 50.5 Å². The molecule has 0 saturated heterocycles. The summed E-state index contributed by atoms with van der Waals surface area (Å²) in [7, 11) is -3.17. The Kier molecular flexibility index (Phi) is 3.92. The molecule has 1 fully saturated rings. The maximum absolute atomic E-state index is 12.1. The lowest BCUT2D eigenvalue weighted by molar-refractivity contribution is 0.477. The quantitative estimate of drug-likeness (QED) is 0.884. The number of hydrogen-bond acceptors (Lipinski definition) is 3. The SMILES string of the molecule is CCS(=O)(=O)N[C@H]1CCc2c(ccc(=O)n2CC2CC2)C1. The Balaban J connectivity index is 1.82. The standard InChI is InChI=1S/C15H22N2O3S/c1-2-21(19,20)16-13-6-7-14-12(9-13)5-8-15(18)17(14)10-11-3-4-11/h5,8,11,13,16H,2-4,6-7,9-10H2,1H3/t13-/m0/s1. The summed E-state index contributed by atoms with van der Waals surface area (Å²) in [6, 6.07) is 3.44. The van der Waals surface area contributed by atoms with Crippen molar-refractivity contribution in [3.63, 3.8) is 0 Å². The van der Waals surface area contributed by atoms with Crippen LogP contribution in [0.2, 0.25) is 0 Å². The second kappa shape index (κ2) is 5.57. The number of sulfonamides is 1. The van der Waals surface area contributed by atoms with Gasteiger partial charge in [-0.15, -0.1) is 0 Å². The monoisotopic (exact) mass is 310 g/mol. The first kappa shape index (κ1) is 14.8. The van der Waals surface area contributed by atoms with E-state index in [0.29, 0.717) is 12.3 Å². The number of aromatic nitrogens is 1. The Hall–Kier alpha value is -1.14. The van der Waals surface area contributed by atoms with Gasteiger partial charge >= 0.3 is 0 Å². The summed E-state index contributed by atoms with van der Waals surface area (Å²) in [5, 5.41) is 0. The fourth-order valence-electron chi connectivity index (χ4n) is 3.02. The van der Waals surface area contributed by atoms with E-state index in [1.807, 2.05) is 10.6 Å². The minimum absolute atomic E-state index is 0.0469. The average Bonchev–Trinajstić information content (AvgIpc) is 3.26. The molecule has 2 aliphatic carbocycles. The smallest absolute Gasteiger partial charge is 0.250 e. The summed E-state index contributed by atoms with van der Waals surface area (Å²) in [4.78, 5) is 12.1. The van der Waals surface area contributed by atoms with Gasteiger partial charge in [-0.3, -0.25) is 4.79 Å². The molecule has 0 aromatic carbocycles. The summed E-state index contributed by atoms with van der Waals surface area (Å²) in [6.45, 7) is 2.47. The molecule has 5 nitrogen and oxygen atoms in total. The molecule has 0 bridgehead atoms. The summed E-state index contributed by atoms with van der Waals surface area (Å²) in [6.07, 6.45) is 4.65. The van der Waals surface area contributed by atoms with Gasteiger partial charge in [0.2, 0.25) is 10.0 Å². The van der Waals surface area contributed by atoms with Crippen molar-refractivity contribution >= 4 is 10.0 Å². The molecule has 1 atom stereocenters. The van der Waals surface area contributed by atoms with Crippen molar-refractivity contribution in [3.05, 3.63) is 33.7 Å². The second-order valence-electron chi connectivity index (χ2n) is 6.16. The van der Waals surface area contributed by atoms with Gasteiger partial charge in [-0.25, -0.2) is 13.1 Å². The maximum atomic E-state index is 12.1. The number of hydrogen-bond donors (Lipinski definition) is 1. The molecular weight excluding hydrogens is 288 g/mol. The highest BCUT2D eigenvalue weighted by Gasteiger charge is 2.27. The molecule has 1 heterocycles. The van der Waals surface area contributed by atoms with E-state index in [2.05, 4.69) is 4.72 Å². The number of fused-ring (bicyclic) bond motifs is 1. The Morgan fingerprint density at radius 3 is 2.71 bits per heavy atom. The van der Waals surface area contributed by atoms with Crippen molar-refractivity contribution in [1.29, 1.82) is 0 Å². The lowest BCUT2D eigenvalue weighted by Crippen LogP contribution is -2.41. The third-order valence-electron chi connectivity index (χ3n) is 4.45. The van der Waals surface area contributed by atoms with Crippen LogP contribution >= 0.6 is 0 Å². The first-order chi connectivity index (χ1) is 9.98. The van der Waals surface area contributed by atoms with Crippen LogP contribution in [0.3, 0.4) is 0 Å². The van der Waals surface area contributed by atoms with Gasteiger partial charge in [0.25, 0.3) is 5.56 Å². The zero-order chi connectivity index (χ0) is 15.0. The lowest BCUT2D eigenvalue weighted by atomic mass is 9.92. The minimum Gasteiger partial charge on any atom is -0.312 e. The summed E-state index contributed by atoms with van der Waals surface area (Å²) >= 11 is 0. The normalized spacial score (nSPS) is 22.0. The third kappa shape index (κ3) is 3.37. The maximum Gasteiger partial charge on any atom is 0.250 e. The predicted octanol–water partition coefficient (Wildman–Crippen LogP) is 1.05. The third-order valence-corrected chi connectivity index (χ3v) is 5.90. The van der Waals surface area contributed by atoms with Crippen LogP contribution in [0.15, 0.2) is 16.9 Å². The Morgan fingerprint density at radius 2 is 2.05 bits per heavy atom. The van der Waals surface area contributed by atoms with Crippen LogP contribution < -0.4 is 10.3 Å². The fraction of sp³-hybridized carbons (Fsp3) is 0.667. The molecule has 1 saturated carbocycles. The molecule has 0 unspecified atom stereocenters. The Morgan fingerprint density at radius 1 is 1.29 bits per heavy atom. The van der Waals surface area contributed by atoms with E-state index < -0.39 is 10.0 Å². The number of nitrogens with one attached hydrogen (secondary N) is 1. The van der Waals surface area contributed by atoms with Gasteiger partial charge < -0.3 is 4.57 Å². The average molecular weight is 310 g/mol. The molecule has 0 spiro atoms. The van der Waals surface area contributed by atoms with Crippen LogP contribution in [0.4, 0.5) is 0 Å². The molecular formula is C15H22N2O3S. The van der Waals surface area contributed by atoms with E-state index in [9.17, 15) is 13.2 Å². The van der Waals surface area contributed by atoms with Crippen molar-refractivity contribution in [1.82, 2.24) is 9.29 Å². The van der Waals surface area contributed by atoms with Crippen molar-refractivity contribution in [3.8, 4) is 0 Å². The minimum atomic E-state index is -3.17. The topological polar surface area (TPSA) is 68.2 Å². The van der Waals surface area contributed by atoms with Crippen LogP contribution in [0.1, 0.15) is 37.4 Å². The van der Waals surface area contributed by atoms with E-state index >= 15 is 0 Å². The van der Waals surface area contributed by atoms with Crippen molar-refractivity contribution in [2.45, 2.75) is 51.6 Å². The summed E-state index contributed by atoms with van der Waals surface area (Å²) in [5.74, 6) is 0.767. The van der Waals surface area contributed by atoms with Crippen LogP contribution in [-0.4, -0.2) is 24.8 Å². The summed E-state index contributed by atoms with van der Waals surface area (Å²) < 4.78 is 28.0. The van der Waals surface area contributed by atoms with Gasteiger partial charge in [0.05, 0.1) is 5.75 Å². The molecule has 1 aromatic rings. The zero-order valence-electron chi connectivity index (χ0n) is 12.3. The lowest BCUT2D eigenvalue weighted by Gasteiger charge is -2.27. The second-order valence-corrected chi connectivity index (χ2v) is 8.20. The molecule has 1 N–H and O–H groups in total. The molecule has 6 heteroatoms.